The molecule has 4 aromatic rings. The molecule has 55 heavy (non-hydrogen) atoms. The number of anilines is 1. The fourth-order valence-electron chi connectivity index (χ4n) is 6.79. The smallest absolute Gasteiger partial charge is 0.289 e. The van der Waals surface area contributed by atoms with Crippen molar-refractivity contribution >= 4 is 41.5 Å². The highest BCUT2D eigenvalue weighted by atomic mass is 16.3. The molecule has 3 aromatic carbocycles. The molecule has 16 heteroatoms. The number of aldehydes is 1. The molecule has 0 bridgehead atoms. The first kappa shape index (κ1) is 38.2. The van der Waals surface area contributed by atoms with Gasteiger partial charge in [-0.2, -0.15) is 0 Å². The van der Waals surface area contributed by atoms with Gasteiger partial charge in [0.1, 0.15) is 17.5 Å². The quantitative estimate of drug-likeness (QED) is 0.0699. The van der Waals surface area contributed by atoms with E-state index in [2.05, 4.69) is 31.5 Å². The molecule has 2 aliphatic rings. The fraction of sp³-hybridized carbons (Fsp3) is 0.333. The SMILES string of the molecule is CCNC(=O)c1nnc(-c2cc(C(C)C)c(O)cc2O)n1-c1ccc(C(=O)N[C@@](C=O)(Nc2cccc3c2CN(C2CCC(=O)NC2=O)C3=O)C(C)C)cc1. The number of aromatic hydroxyl groups is 2. The van der Waals surface area contributed by atoms with Crippen LogP contribution >= 0.6 is 0 Å². The Hall–Kier alpha value is -6.58. The Morgan fingerprint density at radius 3 is 2.35 bits per heavy atom. The standard InChI is InChI=1S/C39H42N8O8/c1-6-40-37(54)34-45-44-33(26-16-25(20(2)3)30(49)17-31(26)50)47(34)23-12-10-22(11-13-23)35(52)43-39(19-48,21(4)5)42-28-9-7-8-24-27(28)18-46(38(24)55)29-14-15-32(51)41-36(29)53/h7-13,16-17,19-21,29,42,49-50H,6,14-15,18H2,1-5H3,(H,40,54)(H,43,52)(H,41,51,53)/t29?,39-/m1/s1. The van der Waals surface area contributed by atoms with Crippen LogP contribution in [-0.2, 0) is 20.9 Å². The monoisotopic (exact) mass is 750 g/mol. The van der Waals surface area contributed by atoms with E-state index in [9.17, 15) is 39.0 Å². The van der Waals surface area contributed by atoms with Crippen molar-refractivity contribution in [2.45, 2.75) is 71.6 Å². The molecule has 1 fully saturated rings. The van der Waals surface area contributed by atoms with Crippen LogP contribution < -0.4 is 21.3 Å². The van der Waals surface area contributed by atoms with Crippen molar-refractivity contribution in [2.24, 2.45) is 5.92 Å². The lowest BCUT2D eigenvalue weighted by Gasteiger charge is -2.35. The van der Waals surface area contributed by atoms with Crippen LogP contribution in [0, 0.1) is 5.92 Å². The summed E-state index contributed by atoms with van der Waals surface area (Å²) in [5, 5.41) is 40.6. The van der Waals surface area contributed by atoms with Gasteiger partial charge in [0.2, 0.25) is 17.6 Å². The third kappa shape index (κ3) is 7.10. The Morgan fingerprint density at radius 1 is 0.982 bits per heavy atom. The second-order valence-electron chi connectivity index (χ2n) is 14.1. The molecule has 1 unspecified atom stereocenters. The number of imide groups is 1. The minimum Gasteiger partial charge on any atom is -0.508 e. The molecule has 0 radical (unpaired) electrons. The highest BCUT2D eigenvalue weighted by Crippen LogP contribution is 2.39. The molecule has 6 N–H and O–H groups in total. The molecule has 5 amide bonds. The largest absolute Gasteiger partial charge is 0.508 e. The number of carbonyl (C=O) groups excluding carboxylic acids is 6. The number of nitrogens with zero attached hydrogens (tertiary/aromatic N) is 4. The van der Waals surface area contributed by atoms with Crippen molar-refractivity contribution in [3.05, 3.63) is 82.7 Å². The summed E-state index contributed by atoms with van der Waals surface area (Å²) < 4.78 is 1.43. The fourth-order valence-corrected chi connectivity index (χ4v) is 6.79. The molecule has 2 atom stereocenters. The maximum Gasteiger partial charge on any atom is 0.289 e. The van der Waals surface area contributed by atoms with Gasteiger partial charge in [-0.05, 0) is 67.3 Å². The minimum atomic E-state index is -1.65. The van der Waals surface area contributed by atoms with Gasteiger partial charge in [0.05, 0.1) is 5.56 Å². The minimum absolute atomic E-state index is 0.0517. The molecule has 1 saturated heterocycles. The number of benzene rings is 3. The first-order chi connectivity index (χ1) is 26.2. The van der Waals surface area contributed by atoms with Crippen LogP contribution in [0.5, 0.6) is 11.5 Å². The summed E-state index contributed by atoms with van der Waals surface area (Å²) in [6.45, 7) is 9.36. The average molecular weight is 751 g/mol. The van der Waals surface area contributed by atoms with E-state index in [0.29, 0.717) is 40.9 Å². The van der Waals surface area contributed by atoms with Gasteiger partial charge in [-0.25, -0.2) is 0 Å². The number of amides is 5. The van der Waals surface area contributed by atoms with E-state index in [-0.39, 0.29) is 65.5 Å². The summed E-state index contributed by atoms with van der Waals surface area (Å²) in [4.78, 5) is 79.0. The number of piperidine rings is 1. The van der Waals surface area contributed by atoms with E-state index >= 15 is 0 Å². The van der Waals surface area contributed by atoms with E-state index in [1.807, 2.05) is 13.8 Å². The van der Waals surface area contributed by atoms with Crippen molar-refractivity contribution < 1.29 is 39.0 Å². The van der Waals surface area contributed by atoms with Gasteiger partial charge >= 0.3 is 0 Å². The zero-order valence-electron chi connectivity index (χ0n) is 31.0. The zero-order chi connectivity index (χ0) is 39.8. The molecule has 16 nitrogen and oxygen atoms in total. The Kier molecular flexibility index (Phi) is 10.4. The van der Waals surface area contributed by atoms with E-state index < -0.39 is 41.3 Å². The number of fused-ring (bicyclic) bond motifs is 1. The van der Waals surface area contributed by atoms with Crippen LogP contribution in [0.15, 0.2) is 54.6 Å². The van der Waals surface area contributed by atoms with E-state index in [0.717, 1.165) is 0 Å². The number of phenolic OH excluding ortho intramolecular Hbond substituents is 2. The summed E-state index contributed by atoms with van der Waals surface area (Å²) in [6.07, 6.45) is 0.888. The lowest BCUT2D eigenvalue weighted by molar-refractivity contribution is -0.137. The number of carbonyl (C=O) groups is 6. The topological polar surface area (TPSA) is 225 Å². The molecule has 3 heterocycles. The molecular formula is C39H42N8O8. The maximum atomic E-state index is 13.8. The van der Waals surface area contributed by atoms with Crippen LogP contribution in [0.4, 0.5) is 5.69 Å². The van der Waals surface area contributed by atoms with Crippen molar-refractivity contribution in [1.29, 1.82) is 0 Å². The molecule has 0 saturated carbocycles. The maximum absolute atomic E-state index is 13.8. The predicted molar refractivity (Wildman–Crippen MR) is 199 cm³/mol. The van der Waals surface area contributed by atoms with Crippen molar-refractivity contribution in [3.8, 4) is 28.6 Å². The summed E-state index contributed by atoms with van der Waals surface area (Å²) >= 11 is 0. The average Bonchev–Trinajstić information content (AvgIpc) is 3.73. The van der Waals surface area contributed by atoms with Gasteiger partial charge in [-0.15, -0.1) is 10.2 Å². The van der Waals surface area contributed by atoms with Gasteiger partial charge in [0, 0.05) is 59.6 Å². The van der Waals surface area contributed by atoms with Crippen molar-refractivity contribution in [3.63, 3.8) is 0 Å². The summed E-state index contributed by atoms with van der Waals surface area (Å²) in [5.41, 5.74) is 0.950. The normalized spacial score (nSPS) is 16.5. The number of phenols is 2. The molecule has 0 aliphatic carbocycles. The first-order valence-electron chi connectivity index (χ1n) is 17.9. The lowest BCUT2D eigenvalue weighted by Crippen LogP contribution is -2.59. The van der Waals surface area contributed by atoms with Crippen molar-refractivity contribution in [1.82, 2.24) is 35.6 Å². The zero-order valence-corrected chi connectivity index (χ0v) is 31.0. The number of aromatic nitrogens is 3. The van der Waals surface area contributed by atoms with Crippen LogP contribution in [0.25, 0.3) is 17.1 Å². The highest BCUT2D eigenvalue weighted by Gasteiger charge is 2.42. The molecular weight excluding hydrogens is 708 g/mol. The Morgan fingerprint density at radius 2 is 1.71 bits per heavy atom. The Balaban J connectivity index is 1.29. The predicted octanol–water partition coefficient (Wildman–Crippen LogP) is 3.37. The van der Waals surface area contributed by atoms with Crippen LogP contribution in [-0.4, -0.2) is 83.9 Å². The van der Waals surface area contributed by atoms with Crippen LogP contribution in [0.2, 0.25) is 0 Å². The van der Waals surface area contributed by atoms with Gasteiger partial charge < -0.3 is 31.1 Å². The number of hydrogen-bond acceptors (Lipinski definition) is 11. The van der Waals surface area contributed by atoms with Crippen molar-refractivity contribution in [2.75, 3.05) is 11.9 Å². The van der Waals surface area contributed by atoms with E-state index in [1.165, 1.54) is 27.7 Å². The molecule has 6 rings (SSSR count). The second kappa shape index (κ2) is 15.0. The second-order valence-corrected chi connectivity index (χ2v) is 14.1. The van der Waals surface area contributed by atoms with Gasteiger partial charge in [0.15, 0.2) is 17.8 Å². The summed E-state index contributed by atoms with van der Waals surface area (Å²) in [5.74, 6) is -3.41. The third-order valence-corrected chi connectivity index (χ3v) is 9.94. The summed E-state index contributed by atoms with van der Waals surface area (Å²) in [6, 6.07) is 13.0. The van der Waals surface area contributed by atoms with Gasteiger partial charge in [-0.3, -0.25) is 38.7 Å². The Bertz CT molecular complexity index is 2210. The highest BCUT2D eigenvalue weighted by molar-refractivity contribution is 6.06. The number of rotatable bonds is 12. The van der Waals surface area contributed by atoms with Gasteiger partial charge in [0.25, 0.3) is 17.7 Å². The van der Waals surface area contributed by atoms with E-state index in [4.69, 9.17) is 0 Å². The summed E-state index contributed by atoms with van der Waals surface area (Å²) in [7, 11) is 0. The molecule has 286 valence electrons. The van der Waals surface area contributed by atoms with Crippen LogP contribution in [0.3, 0.4) is 0 Å². The molecule has 2 aliphatic heterocycles. The third-order valence-electron chi connectivity index (χ3n) is 9.94. The molecule has 1 aromatic heterocycles. The van der Waals surface area contributed by atoms with Gasteiger partial charge in [-0.1, -0.05) is 33.8 Å². The lowest BCUT2D eigenvalue weighted by atomic mass is 9.95. The van der Waals surface area contributed by atoms with Crippen LogP contribution in [0.1, 0.15) is 95.8 Å². The first-order valence-corrected chi connectivity index (χ1v) is 17.9. The number of nitrogens with one attached hydrogen (secondary N) is 4. The Labute approximate surface area is 316 Å². The molecule has 0 spiro atoms. The number of hydrogen-bond donors (Lipinski definition) is 6. The van der Waals surface area contributed by atoms with E-state index in [1.54, 1.807) is 57.2 Å².